The quantitative estimate of drug-likeness (QED) is 0.606. The Bertz CT molecular complexity index is 184. The maximum Gasteiger partial charge on any atom is 0.00107 e. The molecule has 76 valence electrons. The predicted molar refractivity (Wildman–Crippen MR) is 56.7 cm³/mol. The fraction of sp³-hybridized carbons (Fsp3) is 1.00. The minimum absolute atomic E-state index is 0.525. The molecule has 2 aliphatic rings. The van der Waals surface area contributed by atoms with Gasteiger partial charge in [-0.1, -0.05) is 20.8 Å². The van der Waals surface area contributed by atoms with E-state index in [0.717, 1.165) is 5.92 Å². The van der Waals surface area contributed by atoms with E-state index in [4.69, 9.17) is 0 Å². The van der Waals surface area contributed by atoms with Crippen molar-refractivity contribution in [2.24, 2.45) is 16.7 Å². The molecule has 1 aliphatic heterocycles. The van der Waals surface area contributed by atoms with Gasteiger partial charge in [-0.15, -0.1) is 0 Å². The Morgan fingerprint density at radius 3 is 2.38 bits per heavy atom. The van der Waals surface area contributed by atoms with Crippen LogP contribution in [0.25, 0.3) is 0 Å². The number of hydrogen-bond acceptors (Lipinski definition) is 1. The first-order valence-electron chi connectivity index (χ1n) is 5.75. The predicted octanol–water partition coefficient (Wildman–Crippen LogP) is 2.81. The summed E-state index contributed by atoms with van der Waals surface area (Å²) in [6, 6.07) is 0. The average molecular weight is 181 g/mol. The average Bonchev–Trinajstić information content (AvgIpc) is 2.01. The van der Waals surface area contributed by atoms with Crippen molar-refractivity contribution in [1.29, 1.82) is 0 Å². The second-order valence-electron chi connectivity index (χ2n) is 6.10. The Labute approximate surface area is 82.3 Å². The van der Waals surface area contributed by atoms with Crippen LogP contribution in [0.5, 0.6) is 0 Å². The highest BCUT2D eigenvalue weighted by Crippen LogP contribution is 2.57. The van der Waals surface area contributed by atoms with E-state index in [1.54, 1.807) is 0 Å². The third-order valence-corrected chi connectivity index (χ3v) is 4.22. The van der Waals surface area contributed by atoms with Crippen LogP contribution in [-0.2, 0) is 0 Å². The van der Waals surface area contributed by atoms with Gasteiger partial charge in [-0.2, -0.15) is 0 Å². The van der Waals surface area contributed by atoms with Gasteiger partial charge in [-0.25, -0.2) is 0 Å². The van der Waals surface area contributed by atoms with Gasteiger partial charge in [0.15, 0.2) is 0 Å². The second-order valence-corrected chi connectivity index (χ2v) is 6.10. The third-order valence-electron chi connectivity index (χ3n) is 4.22. The van der Waals surface area contributed by atoms with Crippen molar-refractivity contribution in [1.82, 2.24) is 5.32 Å². The topological polar surface area (TPSA) is 12.0 Å². The molecule has 1 heterocycles. The number of nitrogens with one attached hydrogen (secondary N) is 1. The summed E-state index contributed by atoms with van der Waals surface area (Å²) in [7, 11) is 0. The lowest BCUT2D eigenvalue weighted by molar-refractivity contribution is -0.0621. The highest BCUT2D eigenvalue weighted by atomic mass is 14.9. The van der Waals surface area contributed by atoms with Crippen LogP contribution in [0.15, 0.2) is 0 Å². The summed E-state index contributed by atoms with van der Waals surface area (Å²) in [6.07, 6.45) is 5.81. The summed E-state index contributed by atoms with van der Waals surface area (Å²) in [5.41, 5.74) is 1.22. The van der Waals surface area contributed by atoms with Gasteiger partial charge in [0.1, 0.15) is 0 Å². The van der Waals surface area contributed by atoms with Crippen molar-refractivity contribution in [2.75, 3.05) is 13.1 Å². The fourth-order valence-electron chi connectivity index (χ4n) is 3.55. The van der Waals surface area contributed by atoms with Gasteiger partial charge in [0.25, 0.3) is 0 Å². The minimum atomic E-state index is 0.525. The Morgan fingerprint density at radius 2 is 2.00 bits per heavy atom. The summed E-state index contributed by atoms with van der Waals surface area (Å²) in [4.78, 5) is 0. The molecule has 0 amide bonds. The van der Waals surface area contributed by atoms with Crippen LogP contribution in [0.3, 0.4) is 0 Å². The summed E-state index contributed by atoms with van der Waals surface area (Å²) < 4.78 is 0. The van der Waals surface area contributed by atoms with Crippen LogP contribution in [0.4, 0.5) is 0 Å². The summed E-state index contributed by atoms with van der Waals surface area (Å²) in [6.45, 7) is 9.76. The van der Waals surface area contributed by atoms with Crippen molar-refractivity contribution in [2.45, 2.75) is 46.5 Å². The van der Waals surface area contributed by atoms with Crippen LogP contribution in [0.2, 0.25) is 0 Å². The zero-order valence-corrected chi connectivity index (χ0v) is 9.32. The molecule has 1 nitrogen and oxygen atoms in total. The monoisotopic (exact) mass is 181 g/mol. The molecular formula is C12H23N. The van der Waals surface area contributed by atoms with Crippen molar-refractivity contribution in [3.8, 4) is 0 Å². The van der Waals surface area contributed by atoms with Crippen LogP contribution in [0, 0.1) is 16.7 Å². The second kappa shape index (κ2) is 2.98. The summed E-state index contributed by atoms with van der Waals surface area (Å²) >= 11 is 0. The Balaban J connectivity index is 2.07. The highest BCUT2D eigenvalue weighted by molar-refractivity contribution is 5.02. The minimum Gasteiger partial charge on any atom is -0.316 e. The Hall–Kier alpha value is -0.0400. The zero-order chi connectivity index (χ0) is 9.53. The zero-order valence-electron chi connectivity index (χ0n) is 9.32. The number of piperidine rings is 1. The van der Waals surface area contributed by atoms with Crippen molar-refractivity contribution < 1.29 is 0 Å². The molecule has 0 aromatic rings. The number of rotatable bonds is 0. The SMILES string of the molecule is CC(C)(C)C1CCC12CCCNC2. The molecule has 2 unspecified atom stereocenters. The first-order chi connectivity index (χ1) is 6.05. The number of hydrogen-bond donors (Lipinski definition) is 1. The maximum absolute atomic E-state index is 3.58. The van der Waals surface area contributed by atoms with E-state index in [0.29, 0.717) is 10.8 Å². The molecule has 1 saturated heterocycles. The lowest BCUT2D eigenvalue weighted by Gasteiger charge is -2.57. The van der Waals surface area contributed by atoms with E-state index in [2.05, 4.69) is 26.1 Å². The molecule has 1 saturated carbocycles. The molecule has 1 aliphatic carbocycles. The smallest absolute Gasteiger partial charge is 0.00107 e. The molecule has 2 atom stereocenters. The van der Waals surface area contributed by atoms with E-state index < -0.39 is 0 Å². The first kappa shape index (κ1) is 9.51. The van der Waals surface area contributed by atoms with Gasteiger partial charge >= 0.3 is 0 Å². The summed E-state index contributed by atoms with van der Waals surface area (Å²) in [5.74, 6) is 0.966. The molecule has 2 rings (SSSR count). The van der Waals surface area contributed by atoms with E-state index in [9.17, 15) is 0 Å². The lowest BCUT2D eigenvalue weighted by atomic mass is 9.50. The van der Waals surface area contributed by atoms with Crippen LogP contribution in [-0.4, -0.2) is 13.1 Å². The molecule has 0 radical (unpaired) electrons. The molecule has 1 spiro atoms. The molecule has 1 N–H and O–H groups in total. The molecule has 0 aromatic carbocycles. The lowest BCUT2D eigenvalue weighted by Crippen LogP contribution is -2.55. The van der Waals surface area contributed by atoms with E-state index in [1.165, 1.54) is 38.8 Å². The van der Waals surface area contributed by atoms with Gasteiger partial charge in [-0.05, 0) is 49.0 Å². The van der Waals surface area contributed by atoms with Crippen molar-refractivity contribution in [3.63, 3.8) is 0 Å². The van der Waals surface area contributed by atoms with Crippen LogP contribution < -0.4 is 5.32 Å². The van der Waals surface area contributed by atoms with Gasteiger partial charge in [0, 0.05) is 6.54 Å². The molecule has 2 fully saturated rings. The van der Waals surface area contributed by atoms with Crippen LogP contribution in [0.1, 0.15) is 46.5 Å². The summed E-state index contributed by atoms with van der Waals surface area (Å²) in [5, 5.41) is 3.58. The molecule has 1 heteroatoms. The highest BCUT2D eigenvalue weighted by Gasteiger charge is 2.51. The maximum atomic E-state index is 3.58. The van der Waals surface area contributed by atoms with Gasteiger partial charge in [-0.3, -0.25) is 0 Å². The van der Waals surface area contributed by atoms with Gasteiger partial charge < -0.3 is 5.32 Å². The van der Waals surface area contributed by atoms with Crippen LogP contribution >= 0.6 is 0 Å². The molecule has 13 heavy (non-hydrogen) atoms. The van der Waals surface area contributed by atoms with E-state index >= 15 is 0 Å². The molecule has 0 aromatic heterocycles. The van der Waals surface area contributed by atoms with Gasteiger partial charge in [0.2, 0.25) is 0 Å². The van der Waals surface area contributed by atoms with E-state index in [-0.39, 0.29) is 0 Å². The fourth-order valence-corrected chi connectivity index (χ4v) is 3.55. The first-order valence-corrected chi connectivity index (χ1v) is 5.75. The largest absolute Gasteiger partial charge is 0.316 e. The normalized spacial score (nSPS) is 40.4. The molecule has 0 bridgehead atoms. The standard InChI is InChI=1S/C12H23N/c1-11(2,3)10-5-7-12(10)6-4-8-13-9-12/h10,13H,4-9H2,1-3H3. The van der Waals surface area contributed by atoms with Crippen molar-refractivity contribution >= 4 is 0 Å². The van der Waals surface area contributed by atoms with Crippen molar-refractivity contribution in [3.05, 3.63) is 0 Å². The molecular weight excluding hydrogens is 158 g/mol. The van der Waals surface area contributed by atoms with Gasteiger partial charge in [0.05, 0.1) is 0 Å². The Kier molecular flexibility index (Phi) is 2.18. The third kappa shape index (κ3) is 1.52. The van der Waals surface area contributed by atoms with E-state index in [1.807, 2.05) is 0 Å². The Morgan fingerprint density at radius 1 is 1.23 bits per heavy atom.